The Hall–Kier alpha value is -2.80. The maximum atomic E-state index is 14.1. The first kappa shape index (κ1) is 19.9. The lowest BCUT2D eigenvalue weighted by Gasteiger charge is -2.29. The molecule has 1 aliphatic rings. The van der Waals surface area contributed by atoms with Crippen LogP contribution in [0.25, 0.3) is 6.08 Å². The van der Waals surface area contributed by atoms with Crippen molar-refractivity contribution in [3.63, 3.8) is 0 Å². The van der Waals surface area contributed by atoms with Crippen LogP contribution in [0.15, 0.2) is 42.5 Å². The highest BCUT2D eigenvalue weighted by Crippen LogP contribution is 2.23. The first-order valence-corrected chi connectivity index (χ1v) is 8.99. The van der Waals surface area contributed by atoms with Gasteiger partial charge in [-0.1, -0.05) is 0 Å². The lowest BCUT2D eigenvalue weighted by atomic mass is 10.1. The molecule has 148 valence electrons. The van der Waals surface area contributed by atoms with Crippen molar-refractivity contribution in [2.75, 3.05) is 31.2 Å². The smallest absolute Gasteiger partial charge is 0.244 e. The van der Waals surface area contributed by atoms with Gasteiger partial charge in [-0.2, -0.15) is 0 Å². The van der Waals surface area contributed by atoms with Gasteiger partial charge in [0.2, 0.25) is 5.91 Å². The lowest BCUT2D eigenvalue weighted by Crippen LogP contribution is -2.36. The number of halogens is 3. The number of hydrogen-bond acceptors (Lipinski definition) is 3. The van der Waals surface area contributed by atoms with Gasteiger partial charge in [0, 0.05) is 30.4 Å². The van der Waals surface area contributed by atoms with Crippen molar-refractivity contribution in [2.24, 2.45) is 0 Å². The van der Waals surface area contributed by atoms with Gasteiger partial charge in [0.15, 0.2) is 0 Å². The SMILES string of the molecule is CC(NC(=O)/C=C/c1cc(F)ccc1F)c1cc(F)cc(N2CCOCC2)c1. The van der Waals surface area contributed by atoms with E-state index >= 15 is 0 Å². The molecule has 1 unspecified atom stereocenters. The van der Waals surface area contributed by atoms with Gasteiger partial charge in [0.05, 0.1) is 19.3 Å². The van der Waals surface area contributed by atoms with Gasteiger partial charge in [-0.3, -0.25) is 4.79 Å². The van der Waals surface area contributed by atoms with Crippen LogP contribution in [0, 0.1) is 17.5 Å². The summed E-state index contributed by atoms with van der Waals surface area (Å²) in [5.74, 6) is -2.10. The van der Waals surface area contributed by atoms with Crippen LogP contribution in [-0.2, 0) is 9.53 Å². The second kappa shape index (κ2) is 8.93. The molecule has 0 aliphatic carbocycles. The third-order valence-electron chi connectivity index (χ3n) is 4.51. The highest BCUT2D eigenvalue weighted by atomic mass is 19.1. The Balaban J connectivity index is 1.69. The minimum Gasteiger partial charge on any atom is -0.378 e. The zero-order valence-electron chi connectivity index (χ0n) is 15.4. The number of carbonyl (C=O) groups excluding carboxylic acids is 1. The average molecular weight is 390 g/mol. The van der Waals surface area contributed by atoms with Crippen LogP contribution in [-0.4, -0.2) is 32.2 Å². The third kappa shape index (κ3) is 5.13. The van der Waals surface area contributed by atoms with E-state index in [2.05, 4.69) is 5.32 Å². The number of amides is 1. The molecule has 0 saturated carbocycles. The molecule has 2 aromatic carbocycles. The van der Waals surface area contributed by atoms with Crippen molar-refractivity contribution in [1.82, 2.24) is 5.32 Å². The molecule has 1 aliphatic heterocycles. The van der Waals surface area contributed by atoms with Crippen molar-refractivity contribution in [1.29, 1.82) is 0 Å². The Morgan fingerprint density at radius 2 is 1.86 bits per heavy atom. The molecule has 0 bridgehead atoms. The monoisotopic (exact) mass is 390 g/mol. The Bertz CT molecular complexity index is 880. The molecule has 2 aromatic rings. The van der Waals surface area contributed by atoms with E-state index in [-0.39, 0.29) is 5.56 Å². The van der Waals surface area contributed by atoms with Crippen LogP contribution < -0.4 is 10.2 Å². The van der Waals surface area contributed by atoms with Crippen molar-refractivity contribution < 1.29 is 22.7 Å². The van der Waals surface area contributed by atoms with Crippen molar-refractivity contribution in [3.8, 4) is 0 Å². The van der Waals surface area contributed by atoms with Gasteiger partial charge in [0.1, 0.15) is 17.5 Å². The van der Waals surface area contributed by atoms with Crippen molar-refractivity contribution >= 4 is 17.7 Å². The Morgan fingerprint density at radius 1 is 1.11 bits per heavy atom. The first-order chi connectivity index (χ1) is 13.4. The Morgan fingerprint density at radius 3 is 2.61 bits per heavy atom. The summed E-state index contributed by atoms with van der Waals surface area (Å²) in [6.45, 7) is 4.24. The van der Waals surface area contributed by atoms with Crippen LogP contribution in [0.4, 0.5) is 18.9 Å². The van der Waals surface area contributed by atoms with E-state index in [9.17, 15) is 18.0 Å². The van der Waals surface area contributed by atoms with Crippen LogP contribution in [0.1, 0.15) is 24.1 Å². The molecule has 28 heavy (non-hydrogen) atoms. The number of nitrogens with zero attached hydrogens (tertiary/aromatic N) is 1. The number of nitrogens with one attached hydrogen (secondary N) is 1. The lowest BCUT2D eigenvalue weighted by molar-refractivity contribution is -0.117. The van der Waals surface area contributed by atoms with Gasteiger partial charge in [-0.15, -0.1) is 0 Å². The number of ether oxygens (including phenoxy) is 1. The van der Waals surface area contributed by atoms with Crippen LogP contribution >= 0.6 is 0 Å². The number of benzene rings is 2. The molecular formula is C21H21F3N2O2. The first-order valence-electron chi connectivity index (χ1n) is 8.99. The largest absolute Gasteiger partial charge is 0.378 e. The molecule has 7 heteroatoms. The molecule has 1 N–H and O–H groups in total. The molecule has 4 nitrogen and oxygen atoms in total. The van der Waals surface area contributed by atoms with Gasteiger partial charge < -0.3 is 15.0 Å². The zero-order chi connectivity index (χ0) is 20.1. The summed E-state index contributed by atoms with van der Waals surface area (Å²) in [4.78, 5) is 14.2. The minimum absolute atomic E-state index is 0.0248. The van der Waals surface area contributed by atoms with Gasteiger partial charge in [-0.05, 0) is 55.0 Å². The molecule has 1 heterocycles. The summed E-state index contributed by atoms with van der Waals surface area (Å²) in [6, 6.07) is 7.19. The number of carbonyl (C=O) groups is 1. The predicted octanol–water partition coefficient (Wildman–Crippen LogP) is 3.83. The number of hydrogen-bond donors (Lipinski definition) is 1. The number of rotatable bonds is 5. The summed E-state index contributed by atoms with van der Waals surface area (Å²) in [7, 11) is 0. The second-order valence-corrected chi connectivity index (χ2v) is 6.57. The fraction of sp³-hybridized carbons (Fsp3) is 0.286. The topological polar surface area (TPSA) is 41.6 Å². The van der Waals surface area contributed by atoms with E-state index in [4.69, 9.17) is 4.74 Å². The zero-order valence-corrected chi connectivity index (χ0v) is 15.4. The summed E-state index contributed by atoms with van der Waals surface area (Å²) >= 11 is 0. The standard InChI is InChI=1S/C21H21F3N2O2/c1-14(25-21(27)5-2-15-10-17(22)3-4-20(15)24)16-11-18(23)13-19(12-16)26-6-8-28-9-7-26/h2-5,10-14H,6-9H2,1H3,(H,25,27)/b5-2+. The maximum absolute atomic E-state index is 14.1. The van der Waals surface area contributed by atoms with E-state index in [1.54, 1.807) is 6.92 Å². The highest BCUT2D eigenvalue weighted by molar-refractivity contribution is 5.92. The van der Waals surface area contributed by atoms with E-state index in [1.807, 2.05) is 11.0 Å². The molecule has 1 saturated heterocycles. The fourth-order valence-corrected chi connectivity index (χ4v) is 3.00. The molecule has 0 spiro atoms. The molecule has 1 amide bonds. The molecule has 0 aromatic heterocycles. The molecule has 1 atom stereocenters. The summed E-state index contributed by atoms with van der Waals surface area (Å²) in [5, 5.41) is 2.71. The van der Waals surface area contributed by atoms with Gasteiger partial charge >= 0.3 is 0 Å². The average Bonchev–Trinajstić information content (AvgIpc) is 2.69. The van der Waals surface area contributed by atoms with E-state index in [0.717, 1.165) is 30.0 Å². The van der Waals surface area contributed by atoms with E-state index in [1.165, 1.54) is 18.2 Å². The fourth-order valence-electron chi connectivity index (χ4n) is 3.00. The third-order valence-corrected chi connectivity index (χ3v) is 4.51. The van der Waals surface area contributed by atoms with E-state index < -0.39 is 29.4 Å². The number of morpholine rings is 1. The molecule has 0 radical (unpaired) electrons. The Kier molecular flexibility index (Phi) is 6.36. The normalized spacial score (nSPS) is 15.6. The van der Waals surface area contributed by atoms with Crippen molar-refractivity contribution in [2.45, 2.75) is 13.0 Å². The summed E-state index contributed by atoms with van der Waals surface area (Å²) in [6.07, 6.45) is 2.32. The van der Waals surface area contributed by atoms with Crippen molar-refractivity contribution in [3.05, 3.63) is 71.1 Å². The Labute approximate surface area is 161 Å². The second-order valence-electron chi connectivity index (χ2n) is 6.57. The van der Waals surface area contributed by atoms with Crippen LogP contribution in [0.3, 0.4) is 0 Å². The minimum atomic E-state index is -0.626. The van der Waals surface area contributed by atoms with Crippen LogP contribution in [0.2, 0.25) is 0 Å². The quantitative estimate of drug-likeness (QED) is 0.789. The van der Waals surface area contributed by atoms with Crippen LogP contribution in [0.5, 0.6) is 0 Å². The van der Waals surface area contributed by atoms with E-state index in [0.29, 0.717) is 31.9 Å². The number of anilines is 1. The van der Waals surface area contributed by atoms with Gasteiger partial charge in [0.25, 0.3) is 0 Å². The molecule has 1 fully saturated rings. The highest BCUT2D eigenvalue weighted by Gasteiger charge is 2.16. The summed E-state index contributed by atoms with van der Waals surface area (Å²) in [5.41, 5.74) is 1.32. The predicted molar refractivity (Wildman–Crippen MR) is 101 cm³/mol. The summed E-state index contributed by atoms with van der Waals surface area (Å²) < 4.78 is 46.2. The molecule has 3 rings (SSSR count). The van der Waals surface area contributed by atoms with Gasteiger partial charge in [-0.25, -0.2) is 13.2 Å². The molecular weight excluding hydrogens is 369 g/mol. The maximum Gasteiger partial charge on any atom is 0.244 e.